The van der Waals surface area contributed by atoms with Crippen LogP contribution in [0.25, 0.3) is 11.2 Å². The quantitative estimate of drug-likeness (QED) is 0.618. The SMILES string of the molecule is Cc1ccc(CC(=O)N2CCOC(Cn3nnc4c(N5CCCC5)ncnc43)C2)cc1. The van der Waals surface area contributed by atoms with Crippen LogP contribution in [-0.2, 0) is 22.5 Å². The number of fused-ring (bicyclic) bond motifs is 1. The van der Waals surface area contributed by atoms with Crippen molar-refractivity contribution >= 4 is 22.9 Å². The Bertz CT molecular complexity index is 1060. The van der Waals surface area contributed by atoms with Gasteiger partial charge in [0.15, 0.2) is 17.0 Å². The molecule has 3 aromatic rings. The Morgan fingerprint density at radius 3 is 2.74 bits per heavy atom. The van der Waals surface area contributed by atoms with Crippen LogP contribution < -0.4 is 4.90 Å². The molecule has 2 aliphatic heterocycles. The molecule has 2 aliphatic rings. The molecule has 9 nitrogen and oxygen atoms in total. The Hall–Kier alpha value is -3.07. The summed E-state index contributed by atoms with van der Waals surface area (Å²) < 4.78 is 7.71. The van der Waals surface area contributed by atoms with Crippen molar-refractivity contribution in [3.63, 3.8) is 0 Å². The number of hydrogen-bond donors (Lipinski definition) is 0. The first-order valence-corrected chi connectivity index (χ1v) is 10.9. The molecule has 0 saturated carbocycles. The second-order valence-corrected chi connectivity index (χ2v) is 8.33. The molecule has 1 aromatic carbocycles. The summed E-state index contributed by atoms with van der Waals surface area (Å²) in [7, 11) is 0. The second-order valence-electron chi connectivity index (χ2n) is 8.33. The molecule has 2 aromatic heterocycles. The molecular formula is C22H27N7O2. The highest BCUT2D eigenvalue weighted by Gasteiger charge is 2.26. The van der Waals surface area contributed by atoms with E-state index in [0.29, 0.717) is 38.3 Å². The van der Waals surface area contributed by atoms with Crippen LogP contribution in [0.2, 0.25) is 0 Å². The minimum Gasteiger partial charge on any atom is -0.373 e. The van der Waals surface area contributed by atoms with Crippen LogP contribution in [0.1, 0.15) is 24.0 Å². The highest BCUT2D eigenvalue weighted by Crippen LogP contribution is 2.24. The zero-order valence-corrected chi connectivity index (χ0v) is 17.8. The number of aryl methyl sites for hydroxylation is 1. The molecule has 9 heteroatoms. The van der Waals surface area contributed by atoms with Crippen molar-refractivity contribution in [3.8, 4) is 0 Å². The number of anilines is 1. The van der Waals surface area contributed by atoms with E-state index in [1.54, 1.807) is 11.0 Å². The molecule has 0 radical (unpaired) electrons. The third-order valence-corrected chi connectivity index (χ3v) is 6.03. The summed E-state index contributed by atoms with van der Waals surface area (Å²) >= 11 is 0. The summed E-state index contributed by atoms with van der Waals surface area (Å²) in [6.07, 6.45) is 4.18. The van der Waals surface area contributed by atoms with Crippen molar-refractivity contribution in [3.05, 3.63) is 41.7 Å². The van der Waals surface area contributed by atoms with Crippen LogP contribution in [0, 0.1) is 6.92 Å². The van der Waals surface area contributed by atoms with Gasteiger partial charge in [-0.15, -0.1) is 5.10 Å². The van der Waals surface area contributed by atoms with Gasteiger partial charge in [-0.25, -0.2) is 14.6 Å². The average molecular weight is 422 g/mol. The first-order valence-electron chi connectivity index (χ1n) is 10.9. The van der Waals surface area contributed by atoms with E-state index in [2.05, 4.69) is 25.2 Å². The molecule has 5 rings (SSSR count). The normalized spacial score (nSPS) is 19.3. The van der Waals surface area contributed by atoms with E-state index in [9.17, 15) is 4.79 Å². The van der Waals surface area contributed by atoms with Gasteiger partial charge in [-0.2, -0.15) is 0 Å². The highest BCUT2D eigenvalue weighted by molar-refractivity contribution is 5.82. The summed E-state index contributed by atoms with van der Waals surface area (Å²) in [4.78, 5) is 25.8. The molecule has 0 bridgehead atoms. The van der Waals surface area contributed by atoms with Crippen molar-refractivity contribution in [1.29, 1.82) is 0 Å². The molecule has 1 atom stereocenters. The Kier molecular flexibility index (Phi) is 5.50. The van der Waals surface area contributed by atoms with E-state index in [1.165, 1.54) is 18.4 Å². The molecule has 2 saturated heterocycles. The fraction of sp³-hybridized carbons (Fsp3) is 0.500. The van der Waals surface area contributed by atoms with Crippen LogP contribution in [0.4, 0.5) is 5.82 Å². The van der Waals surface area contributed by atoms with Crippen molar-refractivity contribution in [2.75, 3.05) is 37.7 Å². The number of rotatable bonds is 5. The predicted molar refractivity (Wildman–Crippen MR) is 116 cm³/mol. The number of amides is 1. The lowest BCUT2D eigenvalue weighted by molar-refractivity contribution is -0.138. The first-order chi connectivity index (χ1) is 15.2. The van der Waals surface area contributed by atoms with E-state index in [4.69, 9.17) is 4.74 Å². The zero-order chi connectivity index (χ0) is 21.2. The number of carbonyl (C=O) groups is 1. The minimum atomic E-state index is -0.147. The predicted octanol–water partition coefficient (Wildman–Crippen LogP) is 1.60. The van der Waals surface area contributed by atoms with E-state index >= 15 is 0 Å². The van der Waals surface area contributed by atoms with Crippen molar-refractivity contribution in [2.45, 2.75) is 38.8 Å². The Morgan fingerprint density at radius 2 is 1.94 bits per heavy atom. The molecular weight excluding hydrogens is 394 g/mol. The van der Waals surface area contributed by atoms with Gasteiger partial charge in [0.05, 0.1) is 25.7 Å². The smallest absolute Gasteiger partial charge is 0.227 e. The first kappa shape index (κ1) is 19.9. The molecule has 0 N–H and O–H groups in total. The van der Waals surface area contributed by atoms with Gasteiger partial charge in [0.25, 0.3) is 0 Å². The number of benzene rings is 1. The van der Waals surface area contributed by atoms with E-state index in [1.807, 2.05) is 36.1 Å². The maximum atomic E-state index is 12.8. The number of ether oxygens (including phenoxy) is 1. The van der Waals surface area contributed by atoms with Crippen molar-refractivity contribution in [1.82, 2.24) is 29.9 Å². The molecule has 0 spiro atoms. The van der Waals surface area contributed by atoms with Gasteiger partial charge in [0.2, 0.25) is 5.91 Å². The topological polar surface area (TPSA) is 89.3 Å². The van der Waals surface area contributed by atoms with Crippen LogP contribution in [0.15, 0.2) is 30.6 Å². The Morgan fingerprint density at radius 1 is 1.13 bits per heavy atom. The van der Waals surface area contributed by atoms with Gasteiger partial charge in [-0.1, -0.05) is 35.0 Å². The van der Waals surface area contributed by atoms with Gasteiger partial charge < -0.3 is 14.5 Å². The summed E-state index contributed by atoms with van der Waals surface area (Å²) in [5, 5.41) is 8.68. The molecule has 1 unspecified atom stereocenters. The Balaban J connectivity index is 1.27. The van der Waals surface area contributed by atoms with Gasteiger partial charge in [-0.05, 0) is 25.3 Å². The molecule has 2 fully saturated rings. The maximum absolute atomic E-state index is 12.8. The minimum absolute atomic E-state index is 0.124. The lowest BCUT2D eigenvalue weighted by Gasteiger charge is -2.33. The largest absolute Gasteiger partial charge is 0.373 e. The van der Waals surface area contributed by atoms with Gasteiger partial charge in [0.1, 0.15) is 6.33 Å². The molecule has 162 valence electrons. The van der Waals surface area contributed by atoms with E-state index < -0.39 is 0 Å². The van der Waals surface area contributed by atoms with E-state index in [0.717, 1.165) is 30.0 Å². The van der Waals surface area contributed by atoms with Gasteiger partial charge in [-0.3, -0.25) is 4.79 Å². The zero-order valence-electron chi connectivity index (χ0n) is 17.8. The monoisotopic (exact) mass is 421 g/mol. The standard InChI is InChI=1S/C22H27N7O2/c1-16-4-6-17(7-5-16)12-19(30)28-10-11-31-18(13-28)14-29-22-20(25-26-29)21(23-15-24-22)27-8-2-3-9-27/h4-7,15,18H,2-3,8-14H2,1H3. The molecule has 1 amide bonds. The Labute approximate surface area is 181 Å². The van der Waals surface area contributed by atoms with Crippen LogP contribution in [0.5, 0.6) is 0 Å². The number of aromatic nitrogens is 5. The van der Waals surface area contributed by atoms with Crippen molar-refractivity contribution < 1.29 is 9.53 Å². The summed E-state index contributed by atoms with van der Waals surface area (Å²) in [6, 6.07) is 8.12. The van der Waals surface area contributed by atoms with Gasteiger partial charge in [0, 0.05) is 26.2 Å². The number of nitrogens with zero attached hydrogens (tertiary/aromatic N) is 7. The summed E-state index contributed by atoms with van der Waals surface area (Å²) in [5.74, 6) is 0.979. The van der Waals surface area contributed by atoms with Crippen LogP contribution >= 0.6 is 0 Å². The molecule has 4 heterocycles. The fourth-order valence-corrected chi connectivity index (χ4v) is 4.30. The third-order valence-electron chi connectivity index (χ3n) is 6.03. The number of carbonyl (C=O) groups excluding carboxylic acids is 1. The number of morpholine rings is 1. The fourth-order valence-electron chi connectivity index (χ4n) is 4.30. The van der Waals surface area contributed by atoms with Crippen LogP contribution in [-0.4, -0.2) is 74.7 Å². The van der Waals surface area contributed by atoms with Gasteiger partial charge >= 0.3 is 0 Å². The highest BCUT2D eigenvalue weighted by atomic mass is 16.5. The average Bonchev–Trinajstić information content (AvgIpc) is 3.46. The molecule has 0 aliphatic carbocycles. The summed E-state index contributed by atoms with van der Waals surface area (Å²) in [5.41, 5.74) is 3.67. The van der Waals surface area contributed by atoms with Crippen LogP contribution in [0.3, 0.4) is 0 Å². The maximum Gasteiger partial charge on any atom is 0.227 e. The second kappa shape index (κ2) is 8.58. The number of hydrogen-bond acceptors (Lipinski definition) is 7. The lowest BCUT2D eigenvalue weighted by Crippen LogP contribution is -2.47. The lowest BCUT2D eigenvalue weighted by atomic mass is 10.1. The summed E-state index contributed by atoms with van der Waals surface area (Å²) in [6.45, 7) is 6.19. The van der Waals surface area contributed by atoms with Crippen molar-refractivity contribution in [2.24, 2.45) is 0 Å². The third kappa shape index (κ3) is 4.23. The molecule has 31 heavy (non-hydrogen) atoms. The van der Waals surface area contributed by atoms with E-state index in [-0.39, 0.29) is 12.0 Å².